The van der Waals surface area contributed by atoms with Gasteiger partial charge in [-0.15, -0.1) is 0 Å². The van der Waals surface area contributed by atoms with E-state index in [0.717, 1.165) is 11.1 Å². The summed E-state index contributed by atoms with van der Waals surface area (Å²) < 4.78 is 10.9. The molecule has 0 saturated carbocycles. The molecule has 3 rings (SSSR count). The van der Waals surface area contributed by atoms with Gasteiger partial charge in [0.1, 0.15) is 11.5 Å². The lowest BCUT2D eigenvalue weighted by Gasteiger charge is -2.12. The van der Waals surface area contributed by atoms with E-state index in [9.17, 15) is 4.79 Å². The average molecular weight is 333 g/mol. The molecule has 0 fully saturated rings. The van der Waals surface area contributed by atoms with Crippen LogP contribution in [0.1, 0.15) is 0 Å². The van der Waals surface area contributed by atoms with Crippen molar-refractivity contribution in [2.24, 2.45) is 0 Å². The van der Waals surface area contributed by atoms with E-state index in [4.69, 9.17) is 9.47 Å². The molecule has 0 aliphatic carbocycles. The first-order valence-corrected chi connectivity index (χ1v) is 7.97. The zero-order chi connectivity index (χ0) is 17.5. The first-order chi connectivity index (χ1) is 12.3. The molecule has 0 aliphatic rings. The van der Waals surface area contributed by atoms with Gasteiger partial charge >= 0.3 is 0 Å². The Morgan fingerprint density at radius 3 is 2.48 bits per heavy atom. The number of methoxy groups -OCH3 is 1. The molecule has 3 aromatic carbocycles. The maximum atomic E-state index is 12.2. The molecule has 0 unspecified atom stereocenters. The topological polar surface area (TPSA) is 47.6 Å². The Morgan fingerprint density at radius 2 is 1.68 bits per heavy atom. The third-order valence-corrected chi connectivity index (χ3v) is 3.68. The van der Waals surface area contributed by atoms with Crippen molar-refractivity contribution < 1.29 is 14.3 Å². The highest BCUT2D eigenvalue weighted by atomic mass is 16.5. The van der Waals surface area contributed by atoms with Crippen LogP contribution in [0.3, 0.4) is 0 Å². The highest BCUT2D eigenvalue weighted by Gasteiger charge is 2.09. The summed E-state index contributed by atoms with van der Waals surface area (Å²) in [6.45, 7) is -0.0684. The smallest absolute Gasteiger partial charge is 0.262 e. The summed E-state index contributed by atoms with van der Waals surface area (Å²) in [6, 6.07) is 24.8. The van der Waals surface area contributed by atoms with Crippen LogP contribution >= 0.6 is 0 Å². The van der Waals surface area contributed by atoms with Gasteiger partial charge < -0.3 is 14.8 Å². The Hall–Kier alpha value is -3.27. The van der Waals surface area contributed by atoms with E-state index in [1.54, 1.807) is 19.2 Å². The molecular weight excluding hydrogens is 314 g/mol. The van der Waals surface area contributed by atoms with Gasteiger partial charge in [-0.1, -0.05) is 54.6 Å². The van der Waals surface area contributed by atoms with Gasteiger partial charge in [0.2, 0.25) is 0 Å². The Bertz CT molecular complexity index is 847. The lowest BCUT2D eigenvalue weighted by Crippen LogP contribution is -2.20. The molecule has 126 valence electrons. The predicted molar refractivity (Wildman–Crippen MR) is 99.0 cm³/mol. The molecule has 0 radical (unpaired) electrons. The first-order valence-electron chi connectivity index (χ1n) is 7.97. The Labute approximate surface area is 147 Å². The molecule has 0 saturated heterocycles. The quantitative estimate of drug-likeness (QED) is 0.728. The molecule has 1 amide bonds. The van der Waals surface area contributed by atoms with Crippen LogP contribution in [0.15, 0.2) is 78.9 Å². The van der Waals surface area contributed by atoms with Gasteiger partial charge in [0.25, 0.3) is 5.91 Å². The summed E-state index contributed by atoms with van der Waals surface area (Å²) in [4.78, 5) is 12.2. The predicted octanol–water partition coefficient (Wildman–Crippen LogP) is 4.38. The van der Waals surface area contributed by atoms with Crippen LogP contribution in [0.5, 0.6) is 11.5 Å². The summed E-state index contributed by atoms with van der Waals surface area (Å²) in [5.74, 6) is 1.14. The van der Waals surface area contributed by atoms with Crippen LogP contribution in [0.25, 0.3) is 11.1 Å². The van der Waals surface area contributed by atoms with Crippen LogP contribution in [-0.2, 0) is 4.79 Å². The second kappa shape index (κ2) is 8.02. The van der Waals surface area contributed by atoms with E-state index >= 15 is 0 Å². The maximum Gasteiger partial charge on any atom is 0.262 e. The zero-order valence-electron chi connectivity index (χ0n) is 13.9. The van der Waals surface area contributed by atoms with Crippen molar-refractivity contribution in [3.8, 4) is 22.6 Å². The number of hydrogen-bond donors (Lipinski definition) is 1. The monoisotopic (exact) mass is 333 g/mol. The van der Waals surface area contributed by atoms with Crippen molar-refractivity contribution in [3.63, 3.8) is 0 Å². The number of carbonyl (C=O) groups is 1. The highest BCUT2D eigenvalue weighted by Crippen LogP contribution is 2.29. The molecule has 0 spiro atoms. The van der Waals surface area contributed by atoms with E-state index in [2.05, 4.69) is 5.32 Å². The lowest BCUT2D eigenvalue weighted by atomic mass is 10.1. The van der Waals surface area contributed by atoms with Gasteiger partial charge in [-0.2, -0.15) is 0 Å². The minimum atomic E-state index is -0.226. The van der Waals surface area contributed by atoms with Gasteiger partial charge in [0.05, 0.1) is 7.11 Å². The lowest BCUT2D eigenvalue weighted by molar-refractivity contribution is -0.118. The van der Waals surface area contributed by atoms with Crippen LogP contribution in [0, 0.1) is 0 Å². The van der Waals surface area contributed by atoms with Gasteiger partial charge in [-0.25, -0.2) is 0 Å². The largest absolute Gasteiger partial charge is 0.497 e. The SMILES string of the molecule is COc1cccc(NC(=O)COc2ccccc2-c2ccccc2)c1. The molecule has 4 heteroatoms. The molecule has 0 heterocycles. The summed E-state index contributed by atoms with van der Waals surface area (Å²) in [6.07, 6.45) is 0. The fourth-order valence-corrected chi connectivity index (χ4v) is 2.49. The van der Waals surface area contributed by atoms with Crippen molar-refractivity contribution in [2.45, 2.75) is 0 Å². The molecule has 0 aliphatic heterocycles. The number of hydrogen-bond acceptors (Lipinski definition) is 3. The van der Waals surface area contributed by atoms with Gasteiger partial charge in [-0.05, 0) is 23.8 Å². The van der Waals surface area contributed by atoms with E-state index in [1.165, 1.54) is 0 Å². The number of para-hydroxylation sites is 1. The summed E-state index contributed by atoms with van der Waals surface area (Å²) in [7, 11) is 1.59. The molecule has 4 nitrogen and oxygen atoms in total. The number of ether oxygens (including phenoxy) is 2. The Kier molecular flexibility index (Phi) is 5.32. The number of benzene rings is 3. The van der Waals surface area contributed by atoms with Crippen LogP contribution in [0.4, 0.5) is 5.69 Å². The molecule has 0 aromatic heterocycles. The highest BCUT2D eigenvalue weighted by molar-refractivity contribution is 5.92. The molecule has 0 bridgehead atoms. The number of carbonyl (C=O) groups excluding carboxylic acids is 1. The van der Waals surface area contributed by atoms with Crippen LogP contribution < -0.4 is 14.8 Å². The third-order valence-electron chi connectivity index (χ3n) is 3.68. The fraction of sp³-hybridized carbons (Fsp3) is 0.0952. The van der Waals surface area contributed by atoms with Gasteiger partial charge in [0.15, 0.2) is 6.61 Å². The standard InChI is InChI=1S/C21H19NO3/c1-24-18-11-7-10-17(14-18)22-21(23)15-25-20-13-6-5-12-19(20)16-8-3-2-4-9-16/h2-14H,15H2,1H3,(H,22,23). The zero-order valence-corrected chi connectivity index (χ0v) is 13.9. The fourth-order valence-electron chi connectivity index (χ4n) is 2.49. The maximum absolute atomic E-state index is 12.2. The number of anilines is 1. The number of rotatable bonds is 6. The van der Waals surface area contributed by atoms with Crippen molar-refractivity contribution in [1.82, 2.24) is 0 Å². The summed E-state index contributed by atoms with van der Waals surface area (Å²) in [5.41, 5.74) is 2.67. The van der Waals surface area contributed by atoms with Crippen molar-refractivity contribution in [1.29, 1.82) is 0 Å². The minimum Gasteiger partial charge on any atom is -0.497 e. The molecule has 25 heavy (non-hydrogen) atoms. The summed E-state index contributed by atoms with van der Waals surface area (Å²) in [5, 5.41) is 2.80. The molecular formula is C21H19NO3. The third kappa shape index (κ3) is 4.38. The van der Waals surface area contributed by atoms with Crippen molar-refractivity contribution in [3.05, 3.63) is 78.9 Å². The second-order valence-corrected chi connectivity index (χ2v) is 5.43. The Balaban J connectivity index is 1.66. The minimum absolute atomic E-state index is 0.0684. The normalized spacial score (nSPS) is 10.1. The first kappa shape index (κ1) is 16.6. The average Bonchev–Trinajstić information content (AvgIpc) is 2.67. The molecule has 1 N–H and O–H groups in total. The summed E-state index contributed by atoms with van der Waals surface area (Å²) >= 11 is 0. The van der Waals surface area contributed by atoms with Gasteiger partial charge in [-0.3, -0.25) is 4.79 Å². The van der Waals surface area contributed by atoms with E-state index < -0.39 is 0 Å². The number of amides is 1. The van der Waals surface area contributed by atoms with E-state index in [1.807, 2.05) is 66.7 Å². The van der Waals surface area contributed by atoms with Crippen LogP contribution in [0.2, 0.25) is 0 Å². The number of nitrogens with one attached hydrogen (secondary N) is 1. The van der Waals surface area contributed by atoms with Gasteiger partial charge in [0, 0.05) is 17.3 Å². The van der Waals surface area contributed by atoms with Crippen LogP contribution in [-0.4, -0.2) is 19.6 Å². The molecule has 3 aromatic rings. The molecule has 0 atom stereocenters. The van der Waals surface area contributed by atoms with E-state index in [0.29, 0.717) is 17.2 Å². The Morgan fingerprint density at radius 1 is 0.920 bits per heavy atom. The second-order valence-electron chi connectivity index (χ2n) is 5.43. The van der Waals surface area contributed by atoms with Crippen molar-refractivity contribution in [2.75, 3.05) is 19.0 Å². The van der Waals surface area contributed by atoms with Crippen molar-refractivity contribution >= 4 is 11.6 Å². The van der Waals surface area contributed by atoms with E-state index in [-0.39, 0.29) is 12.5 Å².